The zero-order chi connectivity index (χ0) is 20.4. The Morgan fingerprint density at radius 3 is 2.66 bits per heavy atom. The predicted octanol–water partition coefficient (Wildman–Crippen LogP) is 2.53. The summed E-state index contributed by atoms with van der Waals surface area (Å²) in [5.41, 5.74) is 7.74. The summed E-state index contributed by atoms with van der Waals surface area (Å²) in [5, 5.41) is 11.0. The Bertz CT molecular complexity index is 1010. The summed E-state index contributed by atoms with van der Waals surface area (Å²) >= 11 is 6.02. The molecule has 1 saturated heterocycles. The van der Waals surface area contributed by atoms with Crippen LogP contribution in [0.5, 0.6) is 0 Å². The molecule has 2 aromatic heterocycles. The van der Waals surface area contributed by atoms with Gasteiger partial charge in [0.15, 0.2) is 5.82 Å². The summed E-state index contributed by atoms with van der Waals surface area (Å²) in [4.78, 5) is 26.8. The standard InChI is InChI=1S/C21H20ClN5O2/c22-16-5-3-13(4-6-16)17-9-20(26-21(25-17)14-2-1-7-24-10-14)27-11-15(8-19(23)29)18(28)12-27/h1-7,9-10,15,18,28H,8,11-12H2,(H2,23,29)/t15-,18+/m0/s1. The minimum absolute atomic E-state index is 0.141. The van der Waals surface area contributed by atoms with Gasteiger partial charge >= 0.3 is 0 Å². The highest BCUT2D eigenvalue weighted by molar-refractivity contribution is 6.30. The first kappa shape index (κ1) is 19.3. The van der Waals surface area contributed by atoms with Crippen molar-refractivity contribution in [2.45, 2.75) is 12.5 Å². The van der Waals surface area contributed by atoms with Gasteiger partial charge in [-0.15, -0.1) is 0 Å². The molecule has 0 aliphatic carbocycles. The number of amides is 1. The second kappa shape index (κ2) is 8.14. The van der Waals surface area contributed by atoms with Gasteiger partial charge in [-0.1, -0.05) is 23.7 Å². The number of hydrogen-bond donors (Lipinski definition) is 2. The first-order valence-electron chi connectivity index (χ1n) is 9.26. The molecule has 29 heavy (non-hydrogen) atoms. The molecule has 8 heteroatoms. The average Bonchev–Trinajstić information content (AvgIpc) is 3.08. The van der Waals surface area contributed by atoms with Crippen molar-refractivity contribution in [2.75, 3.05) is 18.0 Å². The van der Waals surface area contributed by atoms with Crippen LogP contribution in [0.1, 0.15) is 6.42 Å². The highest BCUT2D eigenvalue weighted by Crippen LogP contribution is 2.30. The highest BCUT2D eigenvalue weighted by atomic mass is 35.5. The van der Waals surface area contributed by atoms with Crippen molar-refractivity contribution < 1.29 is 9.90 Å². The average molecular weight is 410 g/mol. The maximum absolute atomic E-state index is 11.3. The van der Waals surface area contributed by atoms with E-state index in [0.717, 1.165) is 16.8 Å². The van der Waals surface area contributed by atoms with Crippen molar-refractivity contribution in [3.63, 3.8) is 0 Å². The first-order valence-corrected chi connectivity index (χ1v) is 9.64. The number of carbonyl (C=O) groups excluding carboxylic acids is 1. The number of pyridine rings is 1. The molecular weight excluding hydrogens is 390 g/mol. The molecule has 1 aromatic carbocycles. The monoisotopic (exact) mass is 409 g/mol. The molecule has 2 atom stereocenters. The predicted molar refractivity (Wildman–Crippen MR) is 111 cm³/mol. The second-order valence-electron chi connectivity index (χ2n) is 7.09. The summed E-state index contributed by atoms with van der Waals surface area (Å²) in [5.74, 6) is 0.572. The largest absolute Gasteiger partial charge is 0.391 e. The normalized spacial score (nSPS) is 18.8. The molecule has 1 aliphatic rings. The third kappa shape index (κ3) is 4.36. The lowest BCUT2D eigenvalue weighted by molar-refractivity contribution is -0.119. The smallest absolute Gasteiger partial charge is 0.217 e. The van der Waals surface area contributed by atoms with Gasteiger partial charge in [-0.25, -0.2) is 9.97 Å². The van der Waals surface area contributed by atoms with E-state index in [1.54, 1.807) is 12.4 Å². The van der Waals surface area contributed by atoms with E-state index in [4.69, 9.17) is 27.3 Å². The van der Waals surface area contributed by atoms with E-state index in [0.29, 0.717) is 29.8 Å². The number of rotatable bonds is 5. The third-order valence-corrected chi connectivity index (χ3v) is 5.22. The summed E-state index contributed by atoms with van der Waals surface area (Å²) in [6.07, 6.45) is 2.90. The molecule has 0 spiro atoms. The van der Waals surface area contributed by atoms with Gasteiger partial charge in [-0.3, -0.25) is 9.78 Å². The Kier molecular flexibility index (Phi) is 5.42. The van der Waals surface area contributed by atoms with Gasteiger partial charge in [0.1, 0.15) is 5.82 Å². The number of hydrogen-bond acceptors (Lipinski definition) is 6. The zero-order valence-electron chi connectivity index (χ0n) is 15.6. The minimum Gasteiger partial charge on any atom is -0.391 e. The minimum atomic E-state index is -0.640. The number of aromatic nitrogens is 3. The van der Waals surface area contributed by atoms with Crippen LogP contribution in [0.25, 0.3) is 22.6 Å². The number of primary amides is 1. The summed E-state index contributed by atoms with van der Waals surface area (Å²) in [6.45, 7) is 0.870. The van der Waals surface area contributed by atoms with E-state index in [-0.39, 0.29) is 12.3 Å². The lowest BCUT2D eigenvalue weighted by atomic mass is 10.0. The van der Waals surface area contributed by atoms with Gasteiger partial charge in [0.05, 0.1) is 11.8 Å². The molecule has 3 aromatic rings. The number of nitrogens with two attached hydrogens (primary N) is 1. The Hall–Kier alpha value is -3.03. The quantitative estimate of drug-likeness (QED) is 0.670. The van der Waals surface area contributed by atoms with Gasteiger partial charge in [0.25, 0.3) is 0 Å². The number of β-amino-alcohol motifs (C(OH)–C–C–N with tert-alkyl or cyclic N) is 1. The maximum Gasteiger partial charge on any atom is 0.217 e. The molecule has 0 bridgehead atoms. The Morgan fingerprint density at radius 1 is 1.17 bits per heavy atom. The van der Waals surface area contributed by atoms with Crippen molar-refractivity contribution in [2.24, 2.45) is 11.7 Å². The molecule has 1 fully saturated rings. The molecule has 0 radical (unpaired) electrons. The first-order chi connectivity index (χ1) is 14.0. The van der Waals surface area contributed by atoms with Crippen molar-refractivity contribution in [1.82, 2.24) is 15.0 Å². The van der Waals surface area contributed by atoms with E-state index in [9.17, 15) is 9.90 Å². The number of anilines is 1. The van der Waals surface area contributed by atoms with Crippen molar-refractivity contribution in [3.8, 4) is 22.6 Å². The molecule has 0 unspecified atom stereocenters. The van der Waals surface area contributed by atoms with Crippen molar-refractivity contribution in [1.29, 1.82) is 0 Å². The number of benzene rings is 1. The fourth-order valence-corrected chi connectivity index (χ4v) is 3.62. The fourth-order valence-electron chi connectivity index (χ4n) is 3.49. The van der Waals surface area contributed by atoms with Gasteiger partial charge in [-0.05, 0) is 24.3 Å². The molecule has 1 aliphatic heterocycles. The van der Waals surface area contributed by atoms with Gasteiger partial charge in [-0.2, -0.15) is 0 Å². The zero-order valence-corrected chi connectivity index (χ0v) is 16.3. The summed E-state index contributed by atoms with van der Waals surface area (Å²) in [7, 11) is 0. The number of halogens is 1. The van der Waals surface area contributed by atoms with Crippen LogP contribution in [0.4, 0.5) is 5.82 Å². The molecule has 0 saturated carbocycles. The number of carbonyl (C=O) groups is 1. The molecule has 4 rings (SSSR count). The van der Waals surface area contributed by atoms with E-state index < -0.39 is 12.0 Å². The van der Waals surface area contributed by atoms with Crippen molar-refractivity contribution in [3.05, 3.63) is 59.9 Å². The second-order valence-corrected chi connectivity index (χ2v) is 7.52. The number of nitrogens with zero attached hydrogens (tertiary/aromatic N) is 4. The SMILES string of the molecule is NC(=O)C[C@H]1CN(c2cc(-c3ccc(Cl)cc3)nc(-c3cccnc3)n2)C[C@H]1O. The van der Waals surface area contributed by atoms with Crippen LogP contribution in [-0.2, 0) is 4.79 Å². The lowest BCUT2D eigenvalue weighted by Crippen LogP contribution is -2.24. The molecule has 3 heterocycles. The van der Waals surface area contributed by atoms with Crippen LogP contribution < -0.4 is 10.6 Å². The van der Waals surface area contributed by atoms with Crippen LogP contribution in [-0.4, -0.2) is 45.2 Å². The van der Waals surface area contributed by atoms with Crippen LogP contribution in [0, 0.1) is 5.92 Å². The number of aliphatic hydroxyl groups excluding tert-OH is 1. The van der Waals surface area contributed by atoms with E-state index in [1.165, 1.54) is 0 Å². The van der Waals surface area contributed by atoms with Gasteiger partial charge in [0, 0.05) is 60.0 Å². The fraction of sp³-hybridized carbons (Fsp3) is 0.238. The lowest BCUT2D eigenvalue weighted by Gasteiger charge is -2.19. The van der Waals surface area contributed by atoms with Crippen LogP contribution in [0.3, 0.4) is 0 Å². The van der Waals surface area contributed by atoms with E-state index >= 15 is 0 Å². The Balaban J connectivity index is 1.74. The molecule has 7 nitrogen and oxygen atoms in total. The van der Waals surface area contributed by atoms with Crippen LogP contribution in [0.2, 0.25) is 5.02 Å². The number of aliphatic hydroxyl groups is 1. The summed E-state index contributed by atoms with van der Waals surface area (Å²) < 4.78 is 0. The van der Waals surface area contributed by atoms with E-state index in [2.05, 4.69) is 4.98 Å². The van der Waals surface area contributed by atoms with Gasteiger partial charge in [0.2, 0.25) is 5.91 Å². The maximum atomic E-state index is 11.3. The summed E-state index contributed by atoms with van der Waals surface area (Å²) in [6, 6.07) is 13.0. The molecule has 148 valence electrons. The Labute approximate surface area is 173 Å². The van der Waals surface area contributed by atoms with Crippen LogP contribution >= 0.6 is 11.6 Å². The van der Waals surface area contributed by atoms with Gasteiger partial charge < -0.3 is 15.7 Å². The molecule has 3 N–H and O–H groups in total. The third-order valence-electron chi connectivity index (χ3n) is 4.97. The van der Waals surface area contributed by atoms with Crippen molar-refractivity contribution >= 4 is 23.3 Å². The van der Waals surface area contributed by atoms with E-state index in [1.807, 2.05) is 47.4 Å². The van der Waals surface area contributed by atoms with Crippen LogP contribution in [0.15, 0.2) is 54.9 Å². The topological polar surface area (TPSA) is 105 Å². The molecule has 1 amide bonds. The highest BCUT2D eigenvalue weighted by Gasteiger charge is 2.33. The Morgan fingerprint density at radius 2 is 1.97 bits per heavy atom. The molecular formula is C21H20ClN5O2.